The summed E-state index contributed by atoms with van der Waals surface area (Å²) < 4.78 is 0. The van der Waals surface area contributed by atoms with Gasteiger partial charge in [0.1, 0.15) is 12.1 Å². The van der Waals surface area contributed by atoms with Gasteiger partial charge in [0.15, 0.2) is 5.96 Å². The van der Waals surface area contributed by atoms with Crippen LogP contribution in [0, 0.1) is 0 Å². The summed E-state index contributed by atoms with van der Waals surface area (Å²) in [6, 6.07) is 6.37. The van der Waals surface area contributed by atoms with Crippen molar-refractivity contribution < 1.29 is 24.3 Å². The highest BCUT2D eigenvalue weighted by Gasteiger charge is 2.25. The third-order valence-corrected chi connectivity index (χ3v) is 3.95. The molecule has 178 valence electrons. The molecule has 11 nitrogen and oxygen atoms in total. The number of rotatable bonds is 11. The average Bonchev–Trinajstić information content (AvgIpc) is 2.69. The Hall–Kier alpha value is -3.18. The fourth-order valence-corrected chi connectivity index (χ4v) is 2.40. The molecule has 0 spiro atoms. The quantitative estimate of drug-likeness (QED) is 0.107. The molecule has 0 aromatic heterocycles. The summed E-state index contributed by atoms with van der Waals surface area (Å²) in [6.45, 7) is 3.00. The fraction of sp³-hybridized carbons (Fsp3) is 0.450. The van der Waals surface area contributed by atoms with Crippen LogP contribution in [0.5, 0.6) is 0 Å². The summed E-state index contributed by atoms with van der Waals surface area (Å²) in [7, 11) is 0. The first kappa shape index (κ1) is 28.8. The molecule has 2 amide bonds. The maximum Gasteiger partial charge on any atom is 0.326 e. The molecule has 0 heterocycles. The molecule has 1 aromatic rings. The number of carbonyl (C=O) groups excluding carboxylic acids is 3. The Balaban J connectivity index is 0.00000220. The predicted octanol–water partition coefficient (Wildman–Crippen LogP) is -0.544. The zero-order valence-corrected chi connectivity index (χ0v) is 18.8. The average molecular weight is 471 g/mol. The lowest BCUT2D eigenvalue weighted by atomic mass is 10.1. The Labute approximate surface area is 191 Å². The summed E-state index contributed by atoms with van der Waals surface area (Å²) in [5.41, 5.74) is 17.2. The number of benzene rings is 1. The smallest absolute Gasteiger partial charge is 0.326 e. The Morgan fingerprint density at radius 1 is 1.09 bits per heavy atom. The number of carbonyl (C=O) groups is 4. The van der Waals surface area contributed by atoms with Crippen LogP contribution < -0.4 is 27.8 Å². The number of aliphatic carboxylic acids is 1. The van der Waals surface area contributed by atoms with Gasteiger partial charge in [-0.05, 0) is 43.4 Å². The number of aliphatic imine (C=N–C) groups is 1. The third-order valence-electron chi connectivity index (χ3n) is 3.95. The number of carboxylic acid groups (broad SMARTS) is 1. The van der Waals surface area contributed by atoms with Crippen molar-refractivity contribution in [2.24, 2.45) is 22.2 Å². The number of nitrogens with two attached hydrogens (primary N) is 3. The highest BCUT2D eigenvalue weighted by molar-refractivity contribution is 6.62. The van der Waals surface area contributed by atoms with E-state index in [4.69, 9.17) is 17.2 Å². The number of halogens is 1. The zero-order chi connectivity index (χ0) is 24.7. The molecule has 0 fully saturated rings. The minimum atomic E-state index is -1.18. The van der Waals surface area contributed by atoms with E-state index >= 15 is 0 Å². The molecule has 12 heteroatoms. The SMILES string of the molecule is CC(=O)Cl.CC(NC(=O)C(N)Cc1ccccc1)C(=O)NC(CCCN=C(N)N)C(=O)O. The molecule has 0 aliphatic carbocycles. The van der Waals surface area contributed by atoms with Gasteiger partial charge in [0, 0.05) is 13.5 Å². The molecule has 0 bridgehead atoms. The van der Waals surface area contributed by atoms with Crippen molar-refractivity contribution in [2.45, 2.75) is 51.2 Å². The van der Waals surface area contributed by atoms with Crippen molar-refractivity contribution in [1.82, 2.24) is 10.6 Å². The van der Waals surface area contributed by atoms with Crippen LogP contribution in [-0.4, -0.2) is 58.8 Å². The number of amides is 2. The van der Waals surface area contributed by atoms with E-state index in [1.807, 2.05) is 30.3 Å². The largest absolute Gasteiger partial charge is 0.480 e. The highest BCUT2D eigenvalue weighted by atomic mass is 35.5. The normalized spacial score (nSPS) is 12.8. The van der Waals surface area contributed by atoms with E-state index in [0.29, 0.717) is 12.8 Å². The first-order valence-electron chi connectivity index (χ1n) is 9.78. The van der Waals surface area contributed by atoms with E-state index in [-0.39, 0.29) is 24.2 Å². The summed E-state index contributed by atoms with van der Waals surface area (Å²) in [5, 5.41) is 13.8. The molecule has 9 N–H and O–H groups in total. The Kier molecular flexibility index (Phi) is 14.0. The molecule has 3 atom stereocenters. The molecule has 0 aliphatic rings. The van der Waals surface area contributed by atoms with E-state index < -0.39 is 35.9 Å². The van der Waals surface area contributed by atoms with Crippen molar-refractivity contribution in [1.29, 1.82) is 0 Å². The van der Waals surface area contributed by atoms with Gasteiger partial charge in [0.05, 0.1) is 6.04 Å². The molecule has 1 rings (SSSR count). The molecule has 0 aliphatic heterocycles. The lowest BCUT2D eigenvalue weighted by Gasteiger charge is -2.20. The van der Waals surface area contributed by atoms with Crippen molar-refractivity contribution in [3.63, 3.8) is 0 Å². The van der Waals surface area contributed by atoms with E-state index in [1.54, 1.807) is 0 Å². The van der Waals surface area contributed by atoms with Crippen molar-refractivity contribution in [3.05, 3.63) is 35.9 Å². The molecule has 0 saturated heterocycles. The topological polar surface area (TPSA) is 203 Å². The Morgan fingerprint density at radius 3 is 2.16 bits per heavy atom. The molecule has 0 radical (unpaired) electrons. The van der Waals surface area contributed by atoms with Gasteiger partial charge in [-0.15, -0.1) is 0 Å². The van der Waals surface area contributed by atoms with Crippen LogP contribution in [0.4, 0.5) is 0 Å². The van der Waals surface area contributed by atoms with E-state index in [0.717, 1.165) is 5.56 Å². The first-order valence-corrected chi connectivity index (χ1v) is 10.2. The van der Waals surface area contributed by atoms with Gasteiger partial charge in [-0.3, -0.25) is 19.4 Å². The van der Waals surface area contributed by atoms with Gasteiger partial charge in [-0.1, -0.05) is 30.3 Å². The summed E-state index contributed by atoms with van der Waals surface area (Å²) in [6.07, 6.45) is 0.841. The molecule has 1 aromatic carbocycles. The van der Waals surface area contributed by atoms with Crippen LogP contribution in [0.1, 0.15) is 32.3 Å². The van der Waals surface area contributed by atoms with Crippen LogP contribution in [0.2, 0.25) is 0 Å². The summed E-state index contributed by atoms with van der Waals surface area (Å²) >= 11 is 4.64. The standard InChI is InChI=1S/C18H28N6O4.C2H3ClO/c1-11(23-16(26)13(19)10-12-6-3-2-4-7-12)15(25)24-14(17(27)28)8-5-9-22-18(20)21;1-2(3)4/h2-4,6-7,11,13-14H,5,8-10,19H2,1H3,(H,23,26)(H,24,25)(H,27,28)(H4,20,21,22);1H3. The maximum atomic E-state index is 12.2. The van der Waals surface area contributed by atoms with Crippen molar-refractivity contribution >= 4 is 40.6 Å². The minimum absolute atomic E-state index is 0.0842. The zero-order valence-electron chi connectivity index (χ0n) is 18.1. The van der Waals surface area contributed by atoms with E-state index in [9.17, 15) is 24.3 Å². The monoisotopic (exact) mass is 470 g/mol. The summed E-state index contributed by atoms with van der Waals surface area (Å²) in [4.78, 5) is 48.7. The van der Waals surface area contributed by atoms with Gasteiger partial charge >= 0.3 is 5.97 Å². The van der Waals surface area contributed by atoms with Crippen LogP contribution in [-0.2, 0) is 25.6 Å². The van der Waals surface area contributed by atoms with Crippen LogP contribution in [0.25, 0.3) is 0 Å². The second-order valence-electron chi connectivity index (χ2n) is 6.84. The van der Waals surface area contributed by atoms with Gasteiger partial charge in [-0.25, -0.2) is 4.79 Å². The second kappa shape index (κ2) is 15.6. The second-order valence-corrected chi connectivity index (χ2v) is 7.38. The summed E-state index contributed by atoms with van der Waals surface area (Å²) in [5.74, 6) is -2.38. The lowest BCUT2D eigenvalue weighted by Crippen LogP contribution is -2.53. The minimum Gasteiger partial charge on any atom is -0.480 e. The number of hydrogen-bond donors (Lipinski definition) is 6. The van der Waals surface area contributed by atoms with E-state index in [1.165, 1.54) is 13.8 Å². The molecule has 0 saturated carbocycles. The van der Waals surface area contributed by atoms with Crippen LogP contribution in [0.15, 0.2) is 35.3 Å². The Morgan fingerprint density at radius 2 is 1.66 bits per heavy atom. The number of carboxylic acids is 1. The molecular weight excluding hydrogens is 440 g/mol. The number of nitrogens with zero attached hydrogens (tertiary/aromatic N) is 1. The van der Waals surface area contributed by atoms with Gasteiger partial charge in [0.2, 0.25) is 17.1 Å². The van der Waals surface area contributed by atoms with Gasteiger partial charge in [0.25, 0.3) is 0 Å². The van der Waals surface area contributed by atoms with Gasteiger partial charge < -0.3 is 32.9 Å². The third kappa shape index (κ3) is 13.9. The molecule has 32 heavy (non-hydrogen) atoms. The van der Waals surface area contributed by atoms with Crippen LogP contribution >= 0.6 is 11.6 Å². The number of hydrogen-bond acceptors (Lipinski definition) is 6. The maximum absolute atomic E-state index is 12.2. The van der Waals surface area contributed by atoms with Crippen LogP contribution in [0.3, 0.4) is 0 Å². The van der Waals surface area contributed by atoms with E-state index in [2.05, 4.69) is 27.2 Å². The lowest BCUT2D eigenvalue weighted by molar-refractivity contribution is -0.142. The number of guanidine groups is 1. The van der Waals surface area contributed by atoms with Crippen molar-refractivity contribution in [3.8, 4) is 0 Å². The number of nitrogens with one attached hydrogen (secondary N) is 2. The Bertz CT molecular complexity index is 782. The molecule has 3 unspecified atom stereocenters. The first-order chi connectivity index (χ1) is 14.9. The molecular formula is C20H31ClN6O5. The highest BCUT2D eigenvalue weighted by Crippen LogP contribution is 2.03. The fourth-order valence-electron chi connectivity index (χ4n) is 2.40. The predicted molar refractivity (Wildman–Crippen MR) is 122 cm³/mol. The van der Waals surface area contributed by atoms with Gasteiger partial charge in [-0.2, -0.15) is 0 Å². The van der Waals surface area contributed by atoms with Crippen molar-refractivity contribution in [2.75, 3.05) is 6.54 Å².